The first-order chi connectivity index (χ1) is 14.1. The number of morpholine rings is 1. The van der Waals surface area contributed by atoms with E-state index in [1.807, 2.05) is 0 Å². The van der Waals surface area contributed by atoms with Crippen LogP contribution in [0.25, 0.3) is 0 Å². The second-order valence-electron chi connectivity index (χ2n) is 7.43. The molecule has 7 nitrogen and oxygen atoms in total. The Labute approximate surface area is 181 Å². The van der Waals surface area contributed by atoms with Gasteiger partial charge in [-0.3, -0.25) is 4.79 Å². The second-order valence-corrected chi connectivity index (χ2v) is 9.77. The fraction of sp³-hybridized carbons (Fsp3) is 0.333. The minimum absolute atomic E-state index is 0.00469. The highest BCUT2D eigenvalue weighted by atomic mass is 35.5. The van der Waals surface area contributed by atoms with Crippen molar-refractivity contribution in [1.82, 2.24) is 4.31 Å². The summed E-state index contributed by atoms with van der Waals surface area (Å²) in [5.74, 6) is -0.522. The van der Waals surface area contributed by atoms with Crippen molar-refractivity contribution in [2.24, 2.45) is 0 Å². The third-order valence-electron chi connectivity index (χ3n) is 4.93. The Hall–Kier alpha value is -2.44. The Morgan fingerprint density at radius 3 is 2.40 bits per heavy atom. The lowest BCUT2D eigenvalue weighted by atomic mass is 9.86. The molecule has 2 aromatic rings. The van der Waals surface area contributed by atoms with Crippen LogP contribution < -0.4 is 5.32 Å². The minimum atomic E-state index is -3.75. The quantitative estimate of drug-likeness (QED) is 0.757. The van der Waals surface area contributed by atoms with E-state index in [0.29, 0.717) is 18.9 Å². The molecule has 1 saturated heterocycles. The molecule has 0 spiro atoms. The van der Waals surface area contributed by atoms with Gasteiger partial charge < -0.3 is 10.1 Å². The number of nitriles is 1. The van der Waals surface area contributed by atoms with Crippen molar-refractivity contribution >= 4 is 33.2 Å². The second kappa shape index (κ2) is 8.74. The molecule has 0 bridgehead atoms. The monoisotopic (exact) mass is 447 g/mol. The van der Waals surface area contributed by atoms with Crippen LogP contribution in [0, 0.1) is 11.3 Å². The lowest BCUT2D eigenvalue weighted by Gasteiger charge is -2.26. The van der Waals surface area contributed by atoms with Gasteiger partial charge in [0.25, 0.3) is 5.91 Å². The maximum atomic E-state index is 12.9. The van der Waals surface area contributed by atoms with E-state index in [1.54, 1.807) is 38.1 Å². The van der Waals surface area contributed by atoms with Gasteiger partial charge in [-0.1, -0.05) is 23.7 Å². The number of amides is 1. The average molecular weight is 448 g/mol. The van der Waals surface area contributed by atoms with Gasteiger partial charge >= 0.3 is 0 Å². The summed E-state index contributed by atoms with van der Waals surface area (Å²) in [6.07, 6.45) is 0. The molecule has 1 aliphatic rings. The smallest absolute Gasteiger partial charge is 0.257 e. The topological polar surface area (TPSA) is 99.5 Å². The number of ether oxygens (including phenoxy) is 1. The molecule has 0 saturated carbocycles. The van der Waals surface area contributed by atoms with Crippen LogP contribution in [0.5, 0.6) is 0 Å². The summed E-state index contributed by atoms with van der Waals surface area (Å²) in [6, 6.07) is 13.2. The van der Waals surface area contributed by atoms with E-state index in [0.717, 1.165) is 5.56 Å². The van der Waals surface area contributed by atoms with Crippen molar-refractivity contribution < 1.29 is 17.9 Å². The molecule has 0 aliphatic carbocycles. The summed E-state index contributed by atoms with van der Waals surface area (Å²) in [7, 11) is -3.75. The third kappa shape index (κ3) is 4.65. The summed E-state index contributed by atoms with van der Waals surface area (Å²) < 4.78 is 32.3. The van der Waals surface area contributed by atoms with E-state index in [9.17, 15) is 18.5 Å². The van der Waals surface area contributed by atoms with Gasteiger partial charge in [-0.05, 0) is 49.7 Å². The number of halogens is 1. The number of carbonyl (C=O) groups is 1. The first kappa shape index (κ1) is 22.2. The summed E-state index contributed by atoms with van der Waals surface area (Å²) in [5.41, 5.74) is 0.746. The molecule has 1 aliphatic heterocycles. The van der Waals surface area contributed by atoms with Crippen LogP contribution in [0.1, 0.15) is 29.8 Å². The number of sulfonamides is 1. The fourth-order valence-corrected chi connectivity index (χ4v) is 4.65. The third-order valence-corrected chi connectivity index (χ3v) is 7.16. The van der Waals surface area contributed by atoms with Crippen molar-refractivity contribution in [1.29, 1.82) is 5.26 Å². The largest absolute Gasteiger partial charge is 0.379 e. The molecule has 1 amide bonds. The molecule has 0 atom stereocenters. The number of anilines is 1. The van der Waals surface area contributed by atoms with Gasteiger partial charge in [0.05, 0.1) is 40.2 Å². The van der Waals surface area contributed by atoms with Crippen LogP contribution in [0.3, 0.4) is 0 Å². The number of nitrogens with one attached hydrogen (secondary N) is 1. The Kier molecular flexibility index (Phi) is 6.48. The molecule has 30 heavy (non-hydrogen) atoms. The molecule has 1 heterocycles. The van der Waals surface area contributed by atoms with Crippen LogP contribution in [0.15, 0.2) is 47.4 Å². The van der Waals surface area contributed by atoms with E-state index < -0.39 is 21.3 Å². The summed E-state index contributed by atoms with van der Waals surface area (Å²) in [4.78, 5) is 12.8. The molecule has 2 aromatic carbocycles. The first-order valence-electron chi connectivity index (χ1n) is 9.36. The molecule has 1 N–H and O–H groups in total. The predicted octanol–water partition coefficient (Wildman–Crippen LogP) is 3.41. The average Bonchev–Trinajstić information content (AvgIpc) is 2.75. The number of benzene rings is 2. The standard InChI is InChI=1S/C21H22ClN3O4S/c1-21(2,14-23)15-3-5-16(6-4-15)24-20(26)18-13-17(7-8-19(18)22)30(27,28)25-9-11-29-12-10-25/h3-8,13H,9-12H2,1-2H3,(H,24,26). The van der Waals surface area contributed by atoms with Gasteiger partial charge in [0.1, 0.15) is 0 Å². The first-order valence-corrected chi connectivity index (χ1v) is 11.2. The normalized spacial score (nSPS) is 15.4. The van der Waals surface area contributed by atoms with Crippen LogP contribution in [0.2, 0.25) is 5.02 Å². The Balaban J connectivity index is 1.83. The number of hydrogen-bond acceptors (Lipinski definition) is 5. The molecule has 0 radical (unpaired) electrons. The van der Waals surface area contributed by atoms with Crippen molar-refractivity contribution in [2.75, 3.05) is 31.6 Å². The summed E-state index contributed by atoms with van der Waals surface area (Å²) >= 11 is 6.17. The van der Waals surface area contributed by atoms with E-state index in [-0.39, 0.29) is 28.6 Å². The van der Waals surface area contributed by atoms with Crippen molar-refractivity contribution in [2.45, 2.75) is 24.2 Å². The SMILES string of the molecule is CC(C)(C#N)c1ccc(NC(=O)c2cc(S(=O)(=O)N3CCOCC3)ccc2Cl)cc1. The van der Waals surface area contributed by atoms with E-state index in [2.05, 4.69) is 11.4 Å². The fourth-order valence-electron chi connectivity index (χ4n) is 3.01. The summed E-state index contributed by atoms with van der Waals surface area (Å²) in [5, 5.41) is 12.1. The molecule has 158 valence electrons. The maximum Gasteiger partial charge on any atom is 0.257 e. The zero-order valence-corrected chi connectivity index (χ0v) is 18.3. The number of carbonyl (C=O) groups excluding carboxylic acids is 1. The van der Waals surface area contributed by atoms with Crippen molar-refractivity contribution in [3.05, 3.63) is 58.6 Å². The lowest BCUT2D eigenvalue weighted by Crippen LogP contribution is -2.40. The number of rotatable bonds is 5. The minimum Gasteiger partial charge on any atom is -0.379 e. The van der Waals surface area contributed by atoms with Crippen LogP contribution in [0.4, 0.5) is 5.69 Å². The maximum absolute atomic E-state index is 12.9. The highest BCUT2D eigenvalue weighted by molar-refractivity contribution is 7.89. The zero-order chi connectivity index (χ0) is 21.9. The van der Waals surface area contributed by atoms with Gasteiger partial charge in [-0.25, -0.2) is 8.42 Å². The Morgan fingerprint density at radius 1 is 1.17 bits per heavy atom. The van der Waals surface area contributed by atoms with Crippen LogP contribution in [-0.2, 0) is 20.2 Å². The van der Waals surface area contributed by atoms with Crippen LogP contribution in [-0.4, -0.2) is 44.9 Å². The Morgan fingerprint density at radius 2 is 1.80 bits per heavy atom. The van der Waals surface area contributed by atoms with Gasteiger partial charge in [0.2, 0.25) is 10.0 Å². The van der Waals surface area contributed by atoms with Crippen molar-refractivity contribution in [3.63, 3.8) is 0 Å². The summed E-state index contributed by atoms with van der Waals surface area (Å²) in [6.45, 7) is 4.80. The Bertz CT molecular complexity index is 1090. The lowest BCUT2D eigenvalue weighted by molar-refractivity contribution is 0.0730. The molecular formula is C21H22ClN3O4S. The van der Waals surface area contributed by atoms with Gasteiger partial charge in [-0.2, -0.15) is 9.57 Å². The van der Waals surface area contributed by atoms with Gasteiger partial charge in [-0.15, -0.1) is 0 Å². The number of hydrogen-bond donors (Lipinski definition) is 1. The molecule has 0 unspecified atom stereocenters. The number of nitrogens with zero attached hydrogens (tertiary/aromatic N) is 2. The molecule has 9 heteroatoms. The highest BCUT2D eigenvalue weighted by Crippen LogP contribution is 2.26. The molecular weight excluding hydrogens is 426 g/mol. The van der Waals surface area contributed by atoms with Crippen LogP contribution >= 0.6 is 11.6 Å². The van der Waals surface area contributed by atoms with Crippen molar-refractivity contribution in [3.8, 4) is 6.07 Å². The predicted molar refractivity (Wildman–Crippen MR) is 114 cm³/mol. The van der Waals surface area contributed by atoms with E-state index in [4.69, 9.17) is 16.3 Å². The van der Waals surface area contributed by atoms with E-state index >= 15 is 0 Å². The molecule has 1 fully saturated rings. The molecule has 3 rings (SSSR count). The van der Waals surface area contributed by atoms with E-state index in [1.165, 1.54) is 22.5 Å². The van der Waals surface area contributed by atoms with Gasteiger partial charge in [0, 0.05) is 18.8 Å². The zero-order valence-electron chi connectivity index (χ0n) is 16.7. The van der Waals surface area contributed by atoms with Gasteiger partial charge in [0.15, 0.2) is 0 Å². The highest BCUT2D eigenvalue weighted by Gasteiger charge is 2.27. The molecule has 0 aromatic heterocycles.